The number of nitrogens with one attached hydrogen (secondary N) is 2. The van der Waals surface area contributed by atoms with E-state index in [0.29, 0.717) is 53.9 Å². The number of urea groups is 1. The molecule has 1 fully saturated rings. The number of amides is 2. The Morgan fingerprint density at radius 2 is 2.00 bits per heavy atom. The number of alkyl halides is 1. The third-order valence-corrected chi connectivity index (χ3v) is 8.51. The molecule has 2 aliphatic heterocycles. The monoisotopic (exact) mass is 477 g/mol. The second-order valence-electron chi connectivity index (χ2n) is 8.73. The summed E-state index contributed by atoms with van der Waals surface area (Å²) in [5, 5.41) is 5.03. The number of nitrogens with zero attached hydrogens (tertiary/aromatic N) is 3. The van der Waals surface area contributed by atoms with Crippen molar-refractivity contribution in [1.82, 2.24) is 15.3 Å². The van der Waals surface area contributed by atoms with Crippen LogP contribution in [0.5, 0.6) is 0 Å². The molecule has 1 saturated heterocycles. The molecule has 2 aliphatic rings. The van der Waals surface area contributed by atoms with Gasteiger partial charge in [-0.25, -0.2) is 27.6 Å². The van der Waals surface area contributed by atoms with E-state index in [1.165, 1.54) is 0 Å². The van der Waals surface area contributed by atoms with Gasteiger partial charge >= 0.3 is 6.03 Å². The van der Waals surface area contributed by atoms with Gasteiger partial charge in [0, 0.05) is 29.9 Å². The number of morpholine rings is 1. The summed E-state index contributed by atoms with van der Waals surface area (Å²) < 4.78 is 42.5. The van der Waals surface area contributed by atoms with Crippen LogP contribution >= 0.6 is 0 Å². The number of hydrogen-bond donors (Lipinski definition) is 2. The van der Waals surface area contributed by atoms with Gasteiger partial charge in [0.05, 0.1) is 30.7 Å². The van der Waals surface area contributed by atoms with E-state index in [1.54, 1.807) is 38.1 Å². The van der Waals surface area contributed by atoms with Crippen LogP contribution in [0, 0.1) is 0 Å². The average Bonchev–Trinajstić information content (AvgIpc) is 2.96. The van der Waals surface area contributed by atoms with Crippen LogP contribution in [0.1, 0.15) is 32.0 Å². The van der Waals surface area contributed by atoms with Crippen molar-refractivity contribution in [2.75, 3.05) is 43.2 Å². The summed E-state index contributed by atoms with van der Waals surface area (Å²) in [6.07, 6.45) is 0. The van der Waals surface area contributed by atoms with Crippen LogP contribution in [0.25, 0.3) is 11.4 Å². The van der Waals surface area contributed by atoms with Gasteiger partial charge in [-0.15, -0.1) is 0 Å². The van der Waals surface area contributed by atoms with Crippen molar-refractivity contribution in [2.45, 2.75) is 37.3 Å². The maximum absolute atomic E-state index is 12.9. The predicted molar refractivity (Wildman–Crippen MR) is 124 cm³/mol. The fourth-order valence-electron chi connectivity index (χ4n) is 4.07. The second-order valence-corrected chi connectivity index (χ2v) is 11.3. The Bertz CT molecular complexity index is 1150. The number of hydrogen-bond acceptors (Lipinski definition) is 7. The number of halogens is 1. The molecule has 0 unspecified atom stereocenters. The van der Waals surface area contributed by atoms with Crippen LogP contribution in [0.15, 0.2) is 24.3 Å². The average molecular weight is 478 g/mol. The molecule has 0 saturated carbocycles. The molecule has 0 spiro atoms. The summed E-state index contributed by atoms with van der Waals surface area (Å²) in [5.41, 5.74) is 2.39. The largest absolute Gasteiger partial charge is 0.377 e. The SMILES string of the molecule is C[C@H]1COCCN1c1nc(-c2ccc(NC(=O)NCCF)cc2)nc2c1CS(=O)(=O)C2(C)C. The number of carbonyl (C=O) groups excluding carboxylic acids is 1. The molecule has 0 radical (unpaired) electrons. The summed E-state index contributed by atoms with van der Waals surface area (Å²) in [6.45, 7) is 6.37. The zero-order valence-corrected chi connectivity index (χ0v) is 19.7. The third-order valence-electron chi connectivity index (χ3n) is 6.09. The van der Waals surface area contributed by atoms with E-state index in [9.17, 15) is 17.6 Å². The number of sulfone groups is 1. The van der Waals surface area contributed by atoms with E-state index in [0.717, 1.165) is 0 Å². The minimum atomic E-state index is -3.43. The zero-order chi connectivity index (χ0) is 23.8. The molecule has 11 heteroatoms. The molecular weight excluding hydrogens is 449 g/mol. The number of fused-ring (bicyclic) bond motifs is 1. The number of aromatic nitrogens is 2. The van der Waals surface area contributed by atoms with Crippen LogP contribution in [-0.2, 0) is 25.1 Å². The van der Waals surface area contributed by atoms with Crippen molar-refractivity contribution in [3.05, 3.63) is 35.5 Å². The van der Waals surface area contributed by atoms with Gasteiger partial charge in [-0.3, -0.25) is 0 Å². The van der Waals surface area contributed by atoms with E-state index in [-0.39, 0.29) is 18.3 Å². The number of ether oxygens (including phenoxy) is 1. The molecule has 9 nitrogen and oxygen atoms in total. The topological polar surface area (TPSA) is 114 Å². The van der Waals surface area contributed by atoms with E-state index in [4.69, 9.17) is 14.7 Å². The highest BCUT2D eigenvalue weighted by atomic mass is 32.2. The molecule has 1 aromatic carbocycles. The van der Waals surface area contributed by atoms with Gasteiger partial charge in [0.1, 0.15) is 17.2 Å². The number of carbonyl (C=O) groups is 1. The van der Waals surface area contributed by atoms with Crippen LogP contribution in [-0.4, -0.2) is 63.4 Å². The summed E-state index contributed by atoms with van der Waals surface area (Å²) >= 11 is 0. The van der Waals surface area contributed by atoms with Crippen molar-refractivity contribution >= 4 is 27.4 Å². The van der Waals surface area contributed by atoms with Gasteiger partial charge in [0.15, 0.2) is 15.7 Å². The molecule has 3 heterocycles. The van der Waals surface area contributed by atoms with Crippen LogP contribution in [0.4, 0.5) is 20.7 Å². The van der Waals surface area contributed by atoms with Gasteiger partial charge in [-0.1, -0.05) is 0 Å². The Labute approximate surface area is 192 Å². The lowest BCUT2D eigenvalue weighted by molar-refractivity contribution is 0.0984. The van der Waals surface area contributed by atoms with Crippen molar-refractivity contribution in [2.24, 2.45) is 0 Å². The lowest BCUT2D eigenvalue weighted by Gasteiger charge is -2.35. The Kier molecular flexibility index (Phi) is 6.28. The number of anilines is 2. The molecule has 0 aliphatic carbocycles. The lowest BCUT2D eigenvalue weighted by Crippen LogP contribution is -2.44. The number of benzene rings is 1. The first-order chi connectivity index (χ1) is 15.6. The highest BCUT2D eigenvalue weighted by molar-refractivity contribution is 7.91. The van der Waals surface area contributed by atoms with Gasteiger partial charge < -0.3 is 20.3 Å². The van der Waals surface area contributed by atoms with Crippen LogP contribution < -0.4 is 15.5 Å². The van der Waals surface area contributed by atoms with Crippen molar-refractivity contribution < 1.29 is 22.3 Å². The van der Waals surface area contributed by atoms with E-state index in [2.05, 4.69) is 15.5 Å². The molecule has 0 bridgehead atoms. The van der Waals surface area contributed by atoms with Crippen LogP contribution in [0.2, 0.25) is 0 Å². The minimum Gasteiger partial charge on any atom is -0.377 e. The molecule has 33 heavy (non-hydrogen) atoms. The van der Waals surface area contributed by atoms with E-state index < -0.39 is 27.3 Å². The first-order valence-electron chi connectivity index (χ1n) is 10.8. The Morgan fingerprint density at radius 1 is 1.27 bits per heavy atom. The molecular formula is C22H28FN5O4S. The molecule has 1 aromatic heterocycles. The summed E-state index contributed by atoms with van der Waals surface area (Å²) in [6, 6.07) is 6.46. The maximum Gasteiger partial charge on any atom is 0.319 e. The Hall–Kier alpha value is -2.79. The summed E-state index contributed by atoms with van der Waals surface area (Å²) in [4.78, 5) is 23.3. The summed E-state index contributed by atoms with van der Waals surface area (Å²) in [5.74, 6) is 0.958. The van der Waals surface area contributed by atoms with E-state index >= 15 is 0 Å². The second kappa shape index (κ2) is 8.86. The predicted octanol–water partition coefficient (Wildman–Crippen LogP) is 2.62. The van der Waals surface area contributed by atoms with Crippen molar-refractivity contribution in [3.8, 4) is 11.4 Å². The zero-order valence-electron chi connectivity index (χ0n) is 18.9. The lowest BCUT2D eigenvalue weighted by atomic mass is 10.0. The maximum atomic E-state index is 12.9. The highest BCUT2D eigenvalue weighted by Crippen LogP contribution is 2.44. The first-order valence-corrected chi connectivity index (χ1v) is 12.5. The molecule has 2 aromatic rings. The Balaban J connectivity index is 1.73. The molecule has 178 valence electrons. The molecule has 2 amide bonds. The van der Waals surface area contributed by atoms with Gasteiger partial charge in [0.25, 0.3) is 0 Å². The van der Waals surface area contributed by atoms with Crippen LogP contribution in [0.3, 0.4) is 0 Å². The van der Waals surface area contributed by atoms with Gasteiger partial charge in [-0.05, 0) is 45.0 Å². The molecule has 2 N–H and O–H groups in total. The van der Waals surface area contributed by atoms with Gasteiger partial charge in [0.2, 0.25) is 0 Å². The smallest absolute Gasteiger partial charge is 0.319 e. The van der Waals surface area contributed by atoms with Gasteiger partial charge in [-0.2, -0.15) is 0 Å². The Morgan fingerprint density at radius 3 is 2.67 bits per heavy atom. The number of rotatable bonds is 5. The van der Waals surface area contributed by atoms with E-state index in [1.807, 2.05) is 6.92 Å². The first kappa shape index (κ1) is 23.4. The molecule has 4 rings (SSSR count). The fourth-order valence-corrected chi connectivity index (χ4v) is 5.54. The van der Waals surface area contributed by atoms with Crippen molar-refractivity contribution in [1.29, 1.82) is 0 Å². The quantitative estimate of drug-likeness (QED) is 0.681. The standard InChI is InChI=1S/C22H28FN5O4S/c1-14-12-32-11-10-28(14)20-17-13-33(30,31)22(2,3)18(17)26-19(27-20)15-4-6-16(7-5-15)25-21(29)24-9-8-23/h4-7,14H,8-13H2,1-3H3,(H2,24,25,29)/t14-/m0/s1. The van der Waals surface area contributed by atoms with Crippen molar-refractivity contribution in [3.63, 3.8) is 0 Å². The normalized spacial score (nSPS) is 20.8. The fraction of sp³-hybridized carbons (Fsp3) is 0.500. The minimum absolute atomic E-state index is 0.0476. The summed E-state index contributed by atoms with van der Waals surface area (Å²) in [7, 11) is -3.43. The molecule has 1 atom stereocenters. The third kappa shape index (κ3) is 4.39. The highest BCUT2D eigenvalue weighted by Gasteiger charge is 2.48.